The minimum Gasteiger partial charge on any atom is -0.466 e. The van der Waals surface area contributed by atoms with Gasteiger partial charge in [-0.25, -0.2) is 9.59 Å². The van der Waals surface area contributed by atoms with Crippen LogP contribution in [0.15, 0.2) is 46.9 Å². The highest BCUT2D eigenvalue weighted by Crippen LogP contribution is 2.39. The van der Waals surface area contributed by atoms with Crippen molar-refractivity contribution in [1.29, 1.82) is 0 Å². The van der Waals surface area contributed by atoms with E-state index in [1.54, 1.807) is 19.9 Å². The van der Waals surface area contributed by atoms with Crippen LogP contribution in [0, 0.1) is 10.1 Å². The van der Waals surface area contributed by atoms with E-state index in [4.69, 9.17) is 15.2 Å². The van der Waals surface area contributed by atoms with Crippen LogP contribution in [0.1, 0.15) is 25.3 Å². The van der Waals surface area contributed by atoms with Gasteiger partial charge in [-0.05, 0) is 19.4 Å². The number of nitrogens with two attached hydrogens (primary N) is 1. The number of allylic oxidation sites excluding steroid dienone is 1. The molecule has 1 aromatic carbocycles. The van der Waals surface area contributed by atoms with Gasteiger partial charge < -0.3 is 20.5 Å². The molecule has 1 aliphatic rings. The molecule has 2 rings (SSSR count). The standard InChI is InChI=1S/C17H19N3O6/c1-4-26-17(22)14-13(10-6-5-7-11(8-10)20(23)24)12(16(21)25-3)9(2)19-15(14)18/h5-8,13,19H,4,18H2,1-3H3. The van der Waals surface area contributed by atoms with Crippen LogP contribution in [0.4, 0.5) is 5.69 Å². The molecule has 1 unspecified atom stereocenters. The zero-order chi connectivity index (χ0) is 19.4. The first-order valence-electron chi connectivity index (χ1n) is 7.79. The van der Waals surface area contributed by atoms with E-state index in [-0.39, 0.29) is 29.3 Å². The SMILES string of the molecule is CCOC(=O)C1=C(N)NC(C)=C(C(=O)OC)C1c1cccc([N+](=O)[O-])c1. The zero-order valence-corrected chi connectivity index (χ0v) is 14.6. The summed E-state index contributed by atoms with van der Waals surface area (Å²) in [5.74, 6) is -2.34. The van der Waals surface area contributed by atoms with Crippen LogP contribution >= 0.6 is 0 Å². The summed E-state index contributed by atoms with van der Waals surface area (Å²) in [6.07, 6.45) is 0. The van der Waals surface area contributed by atoms with E-state index in [0.717, 1.165) is 0 Å². The van der Waals surface area contributed by atoms with E-state index >= 15 is 0 Å². The van der Waals surface area contributed by atoms with Crippen molar-refractivity contribution in [3.63, 3.8) is 0 Å². The summed E-state index contributed by atoms with van der Waals surface area (Å²) in [5, 5.41) is 13.9. The van der Waals surface area contributed by atoms with Gasteiger partial charge in [-0.15, -0.1) is 0 Å². The average molecular weight is 361 g/mol. The molecular formula is C17H19N3O6. The smallest absolute Gasteiger partial charge is 0.338 e. The molecule has 0 amide bonds. The summed E-state index contributed by atoms with van der Waals surface area (Å²) in [7, 11) is 1.21. The van der Waals surface area contributed by atoms with Gasteiger partial charge in [0.15, 0.2) is 0 Å². The second-order valence-corrected chi connectivity index (χ2v) is 5.49. The first-order chi connectivity index (χ1) is 12.3. The number of carbonyl (C=O) groups is 2. The molecule has 3 N–H and O–H groups in total. The van der Waals surface area contributed by atoms with Gasteiger partial charge in [0.2, 0.25) is 0 Å². The molecule has 0 spiro atoms. The second-order valence-electron chi connectivity index (χ2n) is 5.49. The Morgan fingerprint density at radius 3 is 2.58 bits per heavy atom. The lowest BCUT2D eigenvalue weighted by Crippen LogP contribution is -2.36. The third-order valence-electron chi connectivity index (χ3n) is 3.91. The monoisotopic (exact) mass is 361 g/mol. The largest absolute Gasteiger partial charge is 0.466 e. The molecule has 0 aliphatic carbocycles. The van der Waals surface area contributed by atoms with E-state index < -0.39 is 22.8 Å². The molecule has 9 heteroatoms. The molecule has 1 aromatic rings. The van der Waals surface area contributed by atoms with E-state index in [2.05, 4.69) is 5.32 Å². The van der Waals surface area contributed by atoms with Crippen LogP contribution in [0.25, 0.3) is 0 Å². The maximum Gasteiger partial charge on any atom is 0.338 e. The normalized spacial score (nSPS) is 16.8. The fourth-order valence-electron chi connectivity index (χ4n) is 2.82. The van der Waals surface area contributed by atoms with Crippen molar-refractivity contribution in [3.8, 4) is 0 Å². The maximum atomic E-state index is 12.5. The summed E-state index contributed by atoms with van der Waals surface area (Å²) >= 11 is 0. The maximum absolute atomic E-state index is 12.5. The Hall–Kier alpha value is -3.36. The number of dihydropyridines is 1. The summed E-state index contributed by atoms with van der Waals surface area (Å²) in [6.45, 7) is 3.34. The number of rotatable bonds is 5. The van der Waals surface area contributed by atoms with Gasteiger partial charge in [0.05, 0.1) is 35.7 Å². The van der Waals surface area contributed by atoms with E-state index in [1.165, 1.54) is 25.3 Å². The van der Waals surface area contributed by atoms with Gasteiger partial charge in [-0.2, -0.15) is 0 Å². The number of non-ortho nitro benzene ring substituents is 1. The Morgan fingerprint density at radius 1 is 1.31 bits per heavy atom. The fraction of sp³-hybridized carbons (Fsp3) is 0.294. The lowest BCUT2D eigenvalue weighted by atomic mass is 9.81. The summed E-state index contributed by atoms with van der Waals surface area (Å²) in [5.41, 5.74) is 6.67. The number of nitrogens with one attached hydrogen (secondary N) is 1. The Kier molecular flexibility index (Phi) is 5.61. The fourth-order valence-corrected chi connectivity index (χ4v) is 2.82. The topological polar surface area (TPSA) is 134 Å². The molecule has 1 heterocycles. The Bertz CT molecular complexity index is 828. The van der Waals surface area contributed by atoms with Crippen molar-refractivity contribution in [2.24, 2.45) is 5.73 Å². The number of nitro benzene ring substituents is 1. The van der Waals surface area contributed by atoms with Crippen molar-refractivity contribution in [2.75, 3.05) is 13.7 Å². The number of nitro groups is 1. The molecule has 9 nitrogen and oxygen atoms in total. The molecule has 1 aliphatic heterocycles. The molecule has 26 heavy (non-hydrogen) atoms. The number of hydrogen-bond donors (Lipinski definition) is 2. The number of ether oxygens (including phenoxy) is 2. The van der Waals surface area contributed by atoms with Crippen LogP contribution in [0.2, 0.25) is 0 Å². The summed E-state index contributed by atoms with van der Waals surface area (Å²) < 4.78 is 9.88. The highest BCUT2D eigenvalue weighted by Gasteiger charge is 2.38. The van der Waals surface area contributed by atoms with Crippen LogP contribution in [-0.2, 0) is 19.1 Å². The third-order valence-corrected chi connectivity index (χ3v) is 3.91. The van der Waals surface area contributed by atoms with E-state index in [1.807, 2.05) is 0 Å². The van der Waals surface area contributed by atoms with Crippen LogP contribution in [0.3, 0.4) is 0 Å². The average Bonchev–Trinajstić information content (AvgIpc) is 2.60. The predicted octanol–water partition coefficient (Wildman–Crippen LogP) is 1.46. The van der Waals surface area contributed by atoms with Crippen LogP contribution in [0.5, 0.6) is 0 Å². The molecule has 0 fully saturated rings. The quantitative estimate of drug-likeness (QED) is 0.457. The highest BCUT2D eigenvalue weighted by molar-refractivity contribution is 5.99. The highest BCUT2D eigenvalue weighted by atomic mass is 16.6. The molecule has 138 valence electrons. The lowest BCUT2D eigenvalue weighted by molar-refractivity contribution is -0.384. The summed E-state index contributed by atoms with van der Waals surface area (Å²) in [4.78, 5) is 35.4. The van der Waals surface area contributed by atoms with Crippen LogP contribution < -0.4 is 11.1 Å². The van der Waals surface area contributed by atoms with Gasteiger partial charge in [-0.1, -0.05) is 12.1 Å². The number of carbonyl (C=O) groups excluding carboxylic acids is 2. The van der Waals surface area contributed by atoms with Crippen molar-refractivity contribution in [1.82, 2.24) is 5.32 Å². The van der Waals surface area contributed by atoms with Gasteiger partial charge in [0.1, 0.15) is 5.82 Å². The Labute approximate surface area is 149 Å². The molecule has 0 radical (unpaired) electrons. The molecule has 0 aromatic heterocycles. The van der Waals surface area contributed by atoms with E-state index in [0.29, 0.717) is 11.3 Å². The van der Waals surface area contributed by atoms with Gasteiger partial charge in [0, 0.05) is 17.8 Å². The number of methoxy groups -OCH3 is 1. The first-order valence-corrected chi connectivity index (χ1v) is 7.79. The minimum absolute atomic E-state index is 0.00153. The second kappa shape index (κ2) is 7.68. The summed E-state index contributed by atoms with van der Waals surface area (Å²) in [6, 6.07) is 5.65. The zero-order valence-electron chi connectivity index (χ0n) is 14.6. The van der Waals surface area contributed by atoms with Crippen molar-refractivity contribution in [3.05, 3.63) is 62.6 Å². The molecule has 0 bridgehead atoms. The van der Waals surface area contributed by atoms with Crippen LogP contribution in [-0.4, -0.2) is 30.6 Å². The van der Waals surface area contributed by atoms with Crippen molar-refractivity contribution >= 4 is 17.6 Å². The number of benzene rings is 1. The minimum atomic E-state index is -0.956. The number of nitrogens with zero attached hydrogens (tertiary/aromatic N) is 1. The lowest BCUT2D eigenvalue weighted by Gasteiger charge is -2.29. The van der Waals surface area contributed by atoms with E-state index in [9.17, 15) is 19.7 Å². The number of hydrogen-bond acceptors (Lipinski definition) is 8. The molecule has 0 saturated heterocycles. The van der Waals surface area contributed by atoms with Gasteiger partial charge in [-0.3, -0.25) is 10.1 Å². The van der Waals surface area contributed by atoms with Gasteiger partial charge >= 0.3 is 11.9 Å². The van der Waals surface area contributed by atoms with Crippen molar-refractivity contribution < 1.29 is 24.0 Å². The van der Waals surface area contributed by atoms with Crippen molar-refractivity contribution in [2.45, 2.75) is 19.8 Å². The predicted molar refractivity (Wildman–Crippen MR) is 91.5 cm³/mol. The molecular weight excluding hydrogens is 342 g/mol. The Morgan fingerprint density at radius 2 is 2.00 bits per heavy atom. The third kappa shape index (κ3) is 3.51. The first kappa shape index (κ1) is 19.0. The molecule has 0 saturated carbocycles. The Balaban J connectivity index is 2.70. The number of esters is 2. The molecule has 1 atom stereocenters. The van der Waals surface area contributed by atoms with Gasteiger partial charge in [0.25, 0.3) is 5.69 Å².